The standard InChI is InChI=1S/C13H20N6.HI/c1-14-13(15-5-8-19-6-3-4-7-19)16-9-12-10-17-18(2)11-12;/h3-4,6-7,10-11H,5,8-9H2,1-2H3,(H2,14,15,16);1H. The van der Waals surface area contributed by atoms with E-state index in [2.05, 4.69) is 25.3 Å². The highest BCUT2D eigenvalue weighted by atomic mass is 127. The summed E-state index contributed by atoms with van der Waals surface area (Å²) in [5.74, 6) is 0.802. The first-order valence-electron chi connectivity index (χ1n) is 6.31. The van der Waals surface area contributed by atoms with Gasteiger partial charge in [-0.3, -0.25) is 9.67 Å². The van der Waals surface area contributed by atoms with Crippen molar-refractivity contribution in [3.8, 4) is 0 Å². The van der Waals surface area contributed by atoms with Gasteiger partial charge >= 0.3 is 0 Å². The Kier molecular flexibility index (Phi) is 7.13. The molecule has 2 aromatic rings. The van der Waals surface area contributed by atoms with Crippen LogP contribution in [0, 0.1) is 0 Å². The molecule has 0 spiro atoms. The molecule has 0 fully saturated rings. The lowest BCUT2D eigenvalue weighted by Crippen LogP contribution is -2.38. The maximum atomic E-state index is 4.19. The summed E-state index contributed by atoms with van der Waals surface area (Å²) in [5, 5.41) is 10.7. The van der Waals surface area contributed by atoms with Gasteiger partial charge in [-0.05, 0) is 12.1 Å². The smallest absolute Gasteiger partial charge is 0.191 e. The molecule has 0 atom stereocenters. The maximum Gasteiger partial charge on any atom is 0.191 e. The van der Waals surface area contributed by atoms with Crippen molar-refractivity contribution in [3.05, 3.63) is 42.5 Å². The third-order valence-electron chi connectivity index (χ3n) is 2.77. The second kappa shape index (κ2) is 8.62. The monoisotopic (exact) mass is 388 g/mol. The normalized spacial score (nSPS) is 11.0. The Morgan fingerprint density at radius 2 is 2.05 bits per heavy atom. The number of aliphatic imine (C=N–C) groups is 1. The average molecular weight is 388 g/mol. The third kappa shape index (κ3) is 5.24. The number of nitrogens with zero attached hydrogens (tertiary/aromatic N) is 4. The summed E-state index contributed by atoms with van der Waals surface area (Å²) in [6.07, 6.45) is 7.93. The van der Waals surface area contributed by atoms with Crippen molar-refractivity contribution in [1.82, 2.24) is 25.0 Å². The van der Waals surface area contributed by atoms with E-state index in [1.54, 1.807) is 11.7 Å². The van der Waals surface area contributed by atoms with Crippen molar-refractivity contribution in [2.75, 3.05) is 13.6 Å². The molecule has 7 heteroatoms. The summed E-state index contributed by atoms with van der Waals surface area (Å²) in [6.45, 7) is 2.47. The van der Waals surface area contributed by atoms with E-state index in [1.165, 1.54) is 0 Å². The zero-order valence-corrected chi connectivity index (χ0v) is 14.1. The van der Waals surface area contributed by atoms with Gasteiger partial charge in [-0.2, -0.15) is 5.10 Å². The van der Waals surface area contributed by atoms with Crippen molar-refractivity contribution >= 4 is 29.9 Å². The van der Waals surface area contributed by atoms with Crippen LogP contribution in [-0.4, -0.2) is 33.9 Å². The second-order valence-electron chi connectivity index (χ2n) is 4.30. The summed E-state index contributed by atoms with van der Waals surface area (Å²) in [6, 6.07) is 4.05. The van der Waals surface area contributed by atoms with E-state index in [1.807, 2.05) is 44.0 Å². The highest BCUT2D eigenvalue weighted by Gasteiger charge is 1.99. The van der Waals surface area contributed by atoms with Crippen LogP contribution < -0.4 is 10.6 Å². The fraction of sp³-hybridized carbons (Fsp3) is 0.385. The largest absolute Gasteiger partial charge is 0.355 e. The molecule has 0 saturated carbocycles. The number of aromatic nitrogens is 3. The molecular formula is C13H21IN6. The Hall–Kier alpha value is -1.51. The van der Waals surface area contributed by atoms with Gasteiger partial charge in [0.15, 0.2) is 5.96 Å². The summed E-state index contributed by atoms with van der Waals surface area (Å²) in [7, 11) is 3.68. The van der Waals surface area contributed by atoms with Gasteiger partial charge in [0.1, 0.15) is 0 Å². The number of guanidine groups is 1. The zero-order chi connectivity index (χ0) is 13.5. The van der Waals surface area contributed by atoms with Gasteiger partial charge in [0.2, 0.25) is 0 Å². The van der Waals surface area contributed by atoms with Crippen LogP contribution >= 0.6 is 24.0 Å². The van der Waals surface area contributed by atoms with E-state index in [9.17, 15) is 0 Å². The van der Waals surface area contributed by atoms with Gasteiger partial charge in [-0.25, -0.2) is 0 Å². The van der Waals surface area contributed by atoms with E-state index in [0.29, 0.717) is 0 Å². The molecule has 0 bridgehead atoms. The van der Waals surface area contributed by atoms with Crippen LogP contribution in [0.15, 0.2) is 41.9 Å². The average Bonchev–Trinajstić information content (AvgIpc) is 3.05. The van der Waals surface area contributed by atoms with Gasteiger partial charge in [-0.15, -0.1) is 24.0 Å². The van der Waals surface area contributed by atoms with Crippen LogP contribution in [0.4, 0.5) is 0 Å². The van der Waals surface area contributed by atoms with Gasteiger partial charge in [-0.1, -0.05) is 0 Å². The van der Waals surface area contributed by atoms with Gasteiger partial charge in [0.25, 0.3) is 0 Å². The molecular weight excluding hydrogens is 367 g/mol. The first kappa shape index (κ1) is 16.5. The van der Waals surface area contributed by atoms with E-state index in [-0.39, 0.29) is 24.0 Å². The number of nitrogens with one attached hydrogen (secondary N) is 2. The Bertz CT molecular complexity index is 517. The lowest BCUT2D eigenvalue weighted by Gasteiger charge is -2.11. The Balaban J connectivity index is 0.00000200. The molecule has 6 nitrogen and oxygen atoms in total. The topological polar surface area (TPSA) is 59.2 Å². The summed E-state index contributed by atoms with van der Waals surface area (Å²) in [4.78, 5) is 4.19. The molecule has 20 heavy (non-hydrogen) atoms. The molecule has 0 aromatic carbocycles. The minimum atomic E-state index is 0. The number of hydrogen-bond acceptors (Lipinski definition) is 2. The van der Waals surface area contributed by atoms with E-state index in [0.717, 1.165) is 31.2 Å². The van der Waals surface area contributed by atoms with E-state index in [4.69, 9.17) is 0 Å². The predicted octanol–water partition coefficient (Wildman–Crippen LogP) is 1.20. The van der Waals surface area contributed by atoms with Gasteiger partial charge < -0.3 is 15.2 Å². The van der Waals surface area contributed by atoms with Gasteiger partial charge in [0, 0.05) is 57.9 Å². The molecule has 0 aliphatic carbocycles. The number of aryl methyl sites for hydroxylation is 1. The Morgan fingerprint density at radius 3 is 2.65 bits per heavy atom. The van der Waals surface area contributed by atoms with E-state index < -0.39 is 0 Å². The second-order valence-corrected chi connectivity index (χ2v) is 4.30. The number of hydrogen-bond donors (Lipinski definition) is 2. The van der Waals surface area contributed by atoms with Crippen LogP contribution in [0.3, 0.4) is 0 Å². The highest BCUT2D eigenvalue weighted by Crippen LogP contribution is 1.94. The fourth-order valence-corrected chi connectivity index (χ4v) is 1.79. The molecule has 0 aliphatic heterocycles. The molecule has 0 aliphatic rings. The summed E-state index contributed by atoms with van der Waals surface area (Å²) in [5.41, 5.74) is 1.14. The SMILES string of the molecule is CN=C(NCCn1cccc1)NCc1cnn(C)c1.I. The summed E-state index contributed by atoms with van der Waals surface area (Å²) >= 11 is 0. The van der Waals surface area contributed by atoms with Crippen molar-refractivity contribution in [2.24, 2.45) is 12.0 Å². The van der Waals surface area contributed by atoms with Crippen LogP contribution in [0.1, 0.15) is 5.56 Å². The van der Waals surface area contributed by atoms with Crippen LogP contribution in [0.5, 0.6) is 0 Å². The maximum absolute atomic E-state index is 4.19. The molecule has 2 heterocycles. The number of halogens is 1. The third-order valence-corrected chi connectivity index (χ3v) is 2.77. The van der Waals surface area contributed by atoms with Gasteiger partial charge in [0.05, 0.1) is 6.20 Å². The van der Waals surface area contributed by atoms with Crippen LogP contribution in [0.2, 0.25) is 0 Å². The first-order chi connectivity index (χ1) is 9.28. The Morgan fingerprint density at radius 1 is 1.30 bits per heavy atom. The fourth-order valence-electron chi connectivity index (χ4n) is 1.79. The molecule has 0 unspecified atom stereocenters. The van der Waals surface area contributed by atoms with E-state index >= 15 is 0 Å². The molecule has 2 aromatic heterocycles. The highest BCUT2D eigenvalue weighted by molar-refractivity contribution is 14.0. The predicted molar refractivity (Wildman–Crippen MR) is 91.3 cm³/mol. The van der Waals surface area contributed by atoms with Crippen molar-refractivity contribution in [1.29, 1.82) is 0 Å². The van der Waals surface area contributed by atoms with Crippen LogP contribution in [0.25, 0.3) is 0 Å². The Labute approximate surface area is 136 Å². The van der Waals surface area contributed by atoms with Crippen LogP contribution in [-0.2, 0) is 20.1 Å². The summed E-state index contributed by atoms with van der Waals surface area (Å²) < 4.78 is 3.92. The molecule has 110 valence electrons. The quantitative estimate of drug-likeness (QED) is 0.460. The lowest BCUT2D eigenvalue weighted by molar-refractivity contribution is 0.665. The molecule has 0 saturated heterocycles. The lowest BCUT2D eigenvalue weighted by atomic mass is 10.4. The minimum Gasteiger partial charge on any atom is -0.355 e. The first-order valence-corrected chi connectivity index (χ1v) is 6.31. The minimum absolute atomic E-state index is 0. The molecule has 2 rings (SSSR count). The zero-order valence-electron chi connectivity index (χ0n) is 11.8. The van der Waals surface area contributed by atoms with Crippen molar-refractivity contribution < 1.29 is 0 Å². The van der Waals surface area contributed by atoms with Crippen molar-refractivity contribution in [3.63, 3.8) is 0 Å². The molecule has 0 amide bonds. The molecule has 0 radical (unpaired) electrons. The van der Waals surface area contributed by atoms with Crippen molar-refractivity contribution in [2.45, 2.75) is 13.1 Å². The number of rotatable bonds is 5. The molecule has 2 N–H and O–H groups in total.